The molecular formula is C14H14FN3O3. The van der Waals surface area contributed by atoms with E-state index in [2.05, 4.69) is 5.32 Å². The lowest BCUT2D eigenvalue weighted by Crippen LogP contribution is -2.61. The van der Waals surface area contributed by atoms with Gasteiger partial charge in [-0.25, -0.2) is 4.39 Å². The quantitative estimate of drug-likeness (QED) is 0.584. The number of carbonyl (C=O) groups excluding carboxylic acids is 3. The summed E-state index contributed by atoms with van der Waals surface area (Å²) in [4.78, 5) is 37.2. The van der Waals surface area contributed by atoms with E-state index in [4.69, 9.17) is 5.73 Å². The number of fused-ring (bicyclic) bond motifs is 1. The normalized spacial score (nSPS) is 25.0. The molecule has 2 aliphatic heterocycles. The van der Waals surface area contributed by atoms with Gasteiger partial charge in [0.1, 0.15) is 11.4 Å². The summed E-state index contributed by atoms with van der Waals surface area (Å²) < 4.78 is 13.5. The zero-order valence-corrected chi connectivity index (χ0v) is 11.4. The lowest BCUT2D eigenvalue weighted by Gasteiger charge is -2.39. The van der Waals surface area contributed by atoms with Crippen LogP contribution in [0.2, 0.25) is 0 Å². The third kappa shape index (κ3) is 1.80. The number of amides is 3. The third-order valence-electron chi connectivity index (χ3n) is 4.27. The Kier molecular flexibility index (Phi) is 2.76. The van der Waals surface area contributed by atoms with Crippen LogP contribution in [0.3, 0.4) is 0 Å². The third-order valence-corrected chi connectivity index (χ3v) is 4.27. The maximum atomic E-state index is 13.5. The van der Waals surface area contributed by atoms with Gasteiger partial charge in [-0.05, 0) is 25.5 Å². The van der Waals surface area contributed by atoms with Crippen LogP contribution in [-0.2, 0) is 16.1 Å². The molecule has 1 atom stereocenters. The molecule has 0 aliphatic carbocycles. The van der Waals surface area contributed by atoms with Crippen LogP contribution in [0, 0.1) is 5.82 Å². The molecule has 6 nitrogen and oxygen atoms in total. The number of benzene rings is 1. The predicted octanol–water partition coefficient (Wildman–Crippen LogP) is 0.559. The molecular weight excluding hydrogens is 277 g/mol. The van der Waals surface area contributed by atoms with E-state index in [-0.39, 0.29) is 36.9 Å². The summed E-state index contributed by atoms with van der Waals surface area (Å²) in [6.45, 7) is 1.67. The number of rotatable bonds is 1. The Bertz CT molecular complexity index is 688. The number of nitrogens with two attached hydrogens (primary N) is 1. The summed E-state index contributed by atoms with van der Waals surface area (Å²) in [7, 11) is 0. The second kappa shape index (κ2) is 4.28. The van der Waals surface area contributed by atoms with Gasteiger partial charge in [-0.1, -0.05) is 0 Å². The topological polar surface area (TPSA) is 92.5 Å². The van der Waals surface area contributed by atoms with Crippen molar-refractivity contribution in [2.45, 2.75) is 31.8 Å². The first-order chi connectivity index (χ1) is 9.84. The fourth-order valence-corrected chi connectivity index (χ4v) is 2.83. The van der Waals surface area contributed by atoms with Crippen molar-refractivity contribution in [3.05, 3.63) is 29.1 Å². The Morgan fingerprint density at radius 2 is 2.05 bits per heavy atom. The van der Waals surface area contributed by atoms with Crippen LogP contribution in [0.15, 0.2) is 12.1 Å². The number of piperidine rings is 1. The molecule has 0 radical (unpaired) electrons. The standard InChI is InChI=1S/C14H14FN3O3/c1-14(5-4-10(19)17-13(14)21)18-6-8-7(12(18)20)2-3-9(15)11(8)16/h2-3H,4-6,16H2,1H3,(H,17,19,21). The van der Waals surface area contributed by atoms with Crippen molar-refractivity contribution in [3.63, 3.8) is 0 Å². The van der Waals surface area contributed by atoms with E-state index >= 15 is 0 Å². The lowest BCUT2D eigenvalue weighted by molar-refractivity contribution is -0.142. The van der Waals surface area contributed by atoms with Crippen LogP contribution in [0.4, 0.5) is 10.1 Å². The van der Waals surface area contributed by atoms with Crippen molar-refractivity contribution >= 4 is 23.4 Å². The van der Waals surface area contributed by atoms with Crippen LogP contribution in [0.25, 0.3) is 0 Å². The van der Waals surface area contributed by atoms with Crippen molar-refractivity contribution < 1.29 is 18.8 Å². The molecule has 21 heavy (non-hydrogen) atoms. The molecule has 1 aromatic rings. The first kappa shape index (κ1) is 13.5. The Labute approximate surface area is 120 Å². The van der Waals surface area contributed by atoms with Gasteiger partial charge in [0.05, 0.1) is 12.2 Å². The number of nitrogens with zero attached hydrogens (tertiary/aromatic N) is 1. The van der Waals surface area contributed by atoms with E-state index in [0.29, 0.717) is 11.1 Å². The monoisotopic (exact) mass is 291 g/mol. The molecule has 0 saturated carbocycles. The molecule has 0 spiro atoms. The Morgan fingerprint density at radius 3 is 2.71 bits per heavy atom. The number of anilines is 1. The molecule has 1 saturated heterocycles. The summed E-state index contributed by atoms with van der Waals surface area (Å²) in [6, 6.07) is 2.51. The fourth-order valence-electron chi connectivity index (χ4n) is 2.83. The molecule has 1 unspecified atom stereocenters. The van der Waals surface area contributed by atoms with Crippen LogP contribution in [0.5, 0.6) is 0 Å². The molecule has 0 aromatic heterocycles. The highest BCUT2D eigenvalue weighted by molar-refractivity contribution is 6.07. The number of halogens is 1. The predicted molar refractivity (Wildman–Crippen MR) is 71.5 cm³/mol. The van der Waals surface area contributed by atoms with Crippen molar-refractivity contribution in [1.82, 2.24) is 10.2 Å². The smallest absolute Gasteiger partial charge is 0.255 e. The van der Waals surface area contributed by atoms with Crippen molar-refractivity contribution in [2.24, 2.45) is 0 Å². The number of hydrogen-bond acceptors (Lipinski definition) is 4. The van der Waals surface area contributed by atoms with E-state index < -0.39 is 17.3 Å². The van der Waals surface area contributed by atoms with E-state index in [1.54, 1.807) is 6.92 Å². The molecule has 7 heteroatoms. The number of imide groups is 1. The first-order valence-electron chi connectivity index (χ1n) is 6.57. The van der Waals surface area contributed by atoms with E-state index in [0.717, 1.165) is 6.07 Å². The Balaban J connectivity index is 2.00. The molecule has 1 aromatic carbocycles. The summed E-state index contributed by atoms with van der Waals surface area (Å²) in [5, 5.41) is 2.24. The van der Waals surface area contributed by atoms with Gasteiger partial charge in [-0.2, -0.15) is 0 Å². The second-order valence-corrected chi connectivity index (χ2v) is 5.53. The minimum Gasteiger partial charge on any atom is -0.396 e. The van der Waals surface area contributed by atoms with Gasteiger partial charge in [-0.3, -0.25) is 19.7 Å². The maximum Gasteiger partial charge on any atom is 0.255 e. The molecule has 0 bridgehead atoms. The largest absolute Gasteiger partial charge is 0.396 e. The van der Waals surface area contributed by atoms with Crippen LogP contribution < -0.4 is 11.1 Å². The van der Waals surface area contributed by atoms with Gasteiger partial charge < -0.3 is 10.6 Å². The maximum absolute atomic E-state index is 13.5. The number of nitrogen functional groups attached to an aromatic ring is 1. The minimum absolute atomic E-state index is 0.0653. The molecule has 1 fully saturated rings. The lowest BCUT2D eigenvalue weighted by atomic mass is 9.89. The van der Waals surface area contributed by atoms with E-state index in [1.165, 1.54) is 11.0 Å². The van der Waals surface area contributed by atoms with Gasteiger partial charge in [-0.15, -0.1) is 0 Å². The fraction of sp³-hybridized carbons (Fsp3) is 0.357. The molecule has 2 aliphatic rings. The van der Waals surface area contributed by atoms with Crippen LogP contribution >= 0.6 is 0 Å². The molecule has 3 rings (SSSR count). The second-order valence-electron chi connectivity index (χ2n) is 5.53. The van der Waals surface area contributed by atoms with E-state index in [9.17, 15) is 18.8 Å². The van der Waals surface area contributed by atoms with Crippen molar-refractivity contribution in [3.8, 4) is 0 Å². The summed E-state index contributed by atoms with van der Waals surface area (Å²) in [5.41, 5.74) is 5.18. The number of carbonyl (C=O) groups is 3. The SMILES string of the molecule is CC1(N2Cc3c(ccc(F)c3N)C2=O)CCC(=O)NC1=O. The van der Waals surface area contributed by atoms with Crippen molar-refractivity contribution in [2.75, 3.05) is 5.73 Å². The van der Waals surface area contributed by atoms with E-state index in [1.807, 2.05) is 0 Å². The average molecular weight is 291 g/mol. The Morgan fingerprint density at radius 1 is 1.33 bits per heavy atom. The van der Waals surface area contributed by atoms with Crippen molar-refractivity contribution in [1.29, 1.82) is 0 Å². The van der Waals surface area contributed by atoms with Gasteiger partial charge in [0.15, 0.2) is 0 Å². The Hall–Kier alpha value is -2.44. The van der Waals surface area contributed by atoms with Crippen LogP contribution in [-0.4, -0.2) is 28.2 Å². The molecule has 2 heterocycles. The molecule has 3 N–H and O–H groups in total. The highest BCUT2D eigenvalue weighted by Crippen LogP contribution is 2.36. The first-order valence-corrected chi connectivity index (χ1v) is 6.57. The minimum atomic E-state index is -1.13. The van der Waals surface area contributed by atoms with Gasteiger partial charge >= 0.3 is 0 Å². The highest BCUT2D eigenvalue weighted by atomic mass is 19.1. The summed E-state index contributed by atoms with van der Waals surface area (Å²) in [5.74, 6) is -1.83. The summed E-state index contributed by atoms with van der Waals surface area (Å²) >= 11 is 0. The van der Waals surface area contributed by atoms with Gasteiger partial charge in [0.25, 0.3) is 11.8 Å². The molecule has 3 amide bonds. The zero-order chi connectivity index (χ0) is 15.4. The van der Waals surface area contributed by atoms with Crippen LogP contribution in [0.1, 0.15) is 35.7 Å². The highest BCUT2D eigenvalue weighted by Gasteiger charge is 2.48. The average Bonchev–Trinajstić information content (AvgIpc) is 2.77. The zero-order valence-electron chi connectivity index (χ0n) is 11.4. The van der Waals surface area contributed by atoms with Gasteiger partial charge in [0, 0.05) is 17.5 Å². The number of nitrogens with one attached hydrogen (secondary N) is 1. The summed E-state index contributed by atoms with van der Waals surface area (Å²) in [6.07, 6.45) is 0.395. The van der Waals surface area contributed by atoms with Gasteiger partial charge in [0.2, 0.25) is 5.91 Å². The number of hydrogen-bond donors (Lipinski definition) is 2. The molecule has 110 valence electrons.